The third kappa shape index (κ3) is 4.63. The molecule has 1 rings (SSSR count). The van der Waals surface area contributed by atoms with Gasteiger partial charge in [0.2, 0.25) is 0 Å². The summed E-state index contributed by atoms with van der Waals surface area (Å²) in [5.41, 5.74) is 0. The molecule has 0 radical (unpaired) electrons. The minimum atomic E-state index is 0.612. The van der Waals surface area contributed by atoms with Gasteiger partial charge in [-0.15, -0.1) is 0 Å². The van der Waals surface area contributed by atoms with Crippen molar-refractivity contribution in [2.75, 3.05) is 20.3 Å². The van der Waals surface area contributed by atoms with E-state index in [1.165, 1.54) is 32.2 Å². The van der Waals surface area contributed by atoms with Crippen molar-refractivity contribution < 1.29 is 4.74 Å². The number of ether oxygens (including phenoxy) is 1. The summed E-state index contributed by atoms with van der Waals surface area (Å²) in [5.74, 6) is 0.949. The van der Waals surface area contributed by atoms with E-state index in [9.17, 15) is 0 Å². The Morgan fingerprint density at radius 2 is 2.08 bits per heavy atom. The lowest BCUT2D eigenvalue weighted by Crippen LogP contribution is -2.31. The molecule has 0 spiro atoms. The highest BCUT2D eigenvalue weighted by atomic mass is 16.5. The fourth-order valence-corrected chi connectivity index (χ4v) is 1.98. The molecule has 0 aliphatic heterocycles. The second kappa shape index (κ2) is 6.39. The Bertz CT molecular complexity index is 121. The molecule has 13 heavy (non-hydrogen) atoms. The van der Waals surface area contributed by atoms with Crippen LogP contribution in [0.1, 0.15) is 39.0 Å². The number of hydrogen-bond donors (Lipinski definition) is 1. The van der Waals surface area contributed by atoms with Crippen LogP contribution in [0.5, 0.6) is 0 Å². The average molecular weight is 185 g/mol. The van der Waals surface area contributed by atoms with E-state index in [0.29, 0.717) is 6.04 Å². The molecular formula is C11H23NO. The van der Waals surface area contributed by atoms with E-state index in [2.05, 4.69) is 12.2 Å². The first-order valence-electron chi connectivity index (χ1n) is 5.55. The van der Waals surface area contributed by atoms with Crippen LogP contribution in [0.4, 0.5) is 0 Å². The van der Waals surface area contributed by atoms with Crippen molar-refractivity contribution in [1.82, 2.24) is 5.32 Å². The molecule has 0 bridgehead atoms. The Morgan fingerprint density at radius 1 is 1.38 bits per heavy atom. The van der Waals surface area contributed by atoms with Crippen molar-refractivity contribution >= 4 is 0 Å². The highest BCUT2D eigenvalue weighted by molar-refractivity contribution is 4.71. The number of methoxy groups -OCH3 is 1. The Kier molecular flexibility index (Phi) is 5.40. The van der Waals surface area contributed by atoms with Crippen LogP contribution in [-0.4, -0.2) is 26.3 Å². The predicted octanol–water partition coefficient (Wildman–Crippen LogP) is 2.19. The van der Waals surface area contributed by atoms with Gasteiger partial charge in [-0.3, -0.25) is 0 Å². The molecule has 1 aliphatic carbocycles. The largest absolute Gasteiger partial charge is 0.385 e. The van der Waals surface area contributed by atoms with E-state index in [-0.39, 0.29) is 0 Å². The Hall–Kier alpha value is -0.0800. The van der Waals surface area contributed by atoms with Gasteiger partial charge in [0.15, 0.2) is 0 Å². The summed E-state index contributed by atoms with van der Waals surface area (Å²) in [6.07, 6.45) is 6.88. The maximum Gasteiger partial charge on any atom is 0.0476 e. The molecule has 2 heteroatoms. The summed E-state index contributed by atoms with van der Waals surface area (Å²) in [4.78, 5) is 0. The number of hydrogen-bond acceptors (Lipinski definition) is 2. The summed E-state index contributed by atoms with van der Waals surface area (Å²) in [6.45, 7) is 4.33. The van der Waals surface area contributed by atoms with E-state index in [1.54, 1.807) is 7.11 Å². The average Bonchev–Trinajstić information content (AvgIpc) is 2.64. The Morgan fingerprint density at radius 3 is 2.69 bits per heavy atom. The lowest BCUT2D eigenvalue weighted by molar-refractivity contribution is 0.184. The van der Waals surface area contributed by atoms with Crippen molar-refractivity contribution in [2.24, 2.45) is 5.92 Å². The first-order valence-corrected chi connectivity index (χ1v) is 5.55. The van der Waals surface area contributed by atoms with Gasteiger partial charge in [-0.25, -0.2) is 0 Å². The van der Waals surface area contributed by atoms with Gasteiger partial charge >= 0.3 is 0 Å². The molecule has 0 aromatic carbocycles. The van der Waals surface area contributed by atoms with Crippen LogP contribution < -0.4 is 5.32 Å². The van der Waals surface area contributed by atoms with Gasteiger partial charge < -0.3 is 10.1 Å². The van der Waals surface area contributed by atoms with Gasteiger partial charge in [-0.05, 0) is 38.6 Å². The molecule has 78 valence electrons. The minimum Gasteiger partial charge on any atom is -0.385 e. The lowest BCUT2D eigenvalue weighted by Gasteiger charge is -2.16. The van der Waals surface area contributed by atoms with Crippen molar-refractivity contribution in [2.45, 2.75) is 45.1 Å². The molecule has 0 saturated heterocycles. The maximum absolute atomic E-state index is 5.04. The zero-order chi connectivity index (χ0) is 9.52. The smallest absolute Gasteiger partial charge is 0.0476 e. The molecule has 1 aliphatic rings. The van der Waals surface area contributed by atoms with E-state index in [4.69, 9.17) is 4.74 Å². The monoisotopic (exact) mass is 185 g/mol. The van der Waals surface area contributed by atoms with Crippen molar-refractivity contribution in [3.63, 3.8) is 0 Å². The van der Waals surface area contributed by atoms with Crippen LogP contribution in [0.15, 0.2) is 0 Å². The summed E-state index contributed by atoms with van der Waals surface area (Å²) in [5, 5.41) is 3.58. The Labute approximate surface area is 82.0 Å². The highest BCUT2D eigenvalue weighted by Crippen LogP contribution is 2.23. The van der Waals surface area contributed by atoms with Gasteiger partial charge in [0.1, 0.15) is 0 Å². The standard InChI is InChI=1S/C11H23NO/c1-10(7-8-13-2)12-9-11-5-3-4-6-11/h10-12H,3-9H2,1-2H3. The zero-order valence-corrected chi connectivity index (χ0v) is 9.01. The van der Waals surface area contributed by atoms with E-state index in [1.807, 2.05) is 0 Å². The third-order valence-corrected chi connectivity index (χ3v) is 2.98. The second-order valence-corrected chi connectivity index (χ2v) is 4.24. The second-order valence-electron chi connectivity index (χ2n) is 4.24. The van der Waals surface area contributed by atoms with Crippen LogP contribution in [0.2, 0.25) is 0 Å². The summed E-state index contributed by atoms with van der Waals surface area (Å²) < 4.78 is 5.04. The third-order valence-electron chi connectivity index (χ3n) is 2.98. The number of rotatable bonds is 6. The summed E-state index contributed by atoms with van der Waals surface area (Å²) in [7, 11) is 1.77. The molecular weight excluding hydrogens is 162 g/mol. The molecule has 1 fully saturated rings. The molecule has 0 amide bonds. The lowest BCUT2D eigenvalue weighted by atomic mass is 10.1. The molecule has 1 N–H and O–H groups in total. The molecule has 0 aromatic rings. The minimum absolute atomic E-state index is 0.612. The van der Waals surface area contributed by atoms with Crippen molar-refractivity contribution in [1.29, 1.82) is 0 Å². The molecule has 0 aromatic heterocycles. The molecule has 1 unspecified atom stereocenters. The molecule has 0 heterocycles. The van der Waals surface area contributed by atoms with Gasteiger partial charge in [0.25, 0.3) is 0 Å². The highest BCUT2D eigenvalue weighted by Gasteiger charge is 2.15. The van der Waals surface area contributed by atoms with Crippen LogP contribution in [0, 0.1) is 5.92 Å². The fourth-order valence-electron chi connectivity index (χ4n) is 1.98. The van der Waals surface area contributed by atoms with E-state index < -0.39 is 0 Å². The molecule has 2 nitrogen and oxygen atoms in total. The van der Waals surface area contributed by atoms with Crippen LogP contribution in [0.25, 0.3) is 0 Å². The maximum atomic E-state index is 5.04. The first kappa shape index (κ1) is 11.0. The molecule has 1 saturated carbocycles. The topological polar surface area (TPSA) is 21.3 Å². The zero-order valence-electron chi connectivity index (χ0n) is 9.01. The molecule has 1 atom stereocenters. The fraction of sp³-hybridized carbons (Fsp3) is 1.00. The predicted molar refractivity (Wildman–Crippen MR) is 55.9 cm³/mol. The normalized spacial score (nSPS) is 20.8. The SMILES string of the molecule is COCCC(C)NCC1CCCC1. The van der Waals surface area contributed by atoms with E-state index in [0.717, 1.165) is 18.9 Å². The Balaban J connectivity index is 1.97. The van der Waals surface area contributed by atoms with Crippen molar-refractivity contribution in [3.8, 4) is 0 Å². The van der Waals surface area contributed by atoms with Crippen LogP contribution in [0.3, 0.4) is 0 Å². The van der Waals surface area contributed by atoms with Gasteiger partial charge in [0, 0.05) is 19.8 Å². The van der Waals surface area contributed by atoms with Gasteiger partial charge in [-0.2, -0.15) is 0 Å². The summed E-state index contributed by atoms with van der Waals surface area (Å²) >= 11 is 0. The van der Waals surface area contributed by atoms with E-state index >= 15 is 0 Å². The quantitative estimate of drug-likeness (QED) is 0.685. The van der Waals surface area contributed by atoms with Crippen molar-refractivity contribution in [3.05, 3.63) is 0 Å². The van der Waals surface area contributed by atoms with Gasteiger partial charge in [0.05, 0.1) is 0 Å². The summed E-state index contributed by atoms with van der Waals surface area (Å²) in [6, 6.07) is 0.612. The van der Waals surface area contributed by atoms with Crippen LogP contribution in [-0.2, 0) is 4.74 Å². The first-order chi connectivity index (χ1) is 6.33. The number of nitrogens with one attached hydrogen (secondary N) is 1. The van der Waals surface area contributed by atoms with Gasteiger partial charge in [-0.1, -0.05) is 12.8 Å². The van der Waals surface area contributed by atoms with Crippen LogP contribution >= 0.6 is 0 Å².